The van der Waals surface area contributed by atoms with Crippen molar-refractivity contribution in [2.24, 2.45) is 0 Å². The van der Waals surface area contributed by atoms with Crippen LogP contribution in [0.5, 0.6) is 0 Å². The quantitative estimate of drug-likeness (QED) is 0.555. The van der Waals surface area contributed by atoms with Crippen molar-refractivity contribution < 1.29 is 22.8 Å². The maximum atomic E-state index is 13.6. The minimum Gasteiger partial charge on any atom is -0.350 e. The maximum Gasteiger partial charge on any atom is 0.421 e. The molecule has 2 amide bonds. The predicted molar refractivity (Wildman–Crippen MR) is 115 cm³/mol. The summed E-state index contributed by atoms with van der Waals surface area (Å²) in [6, 6.07) is 6.07. The van der Waals surface area contributed by atoms with Crippen molar-refractivity contribution in [2.75, 3.05) is 34.9 Å². The van der Waals surface area contributed by atoms with Crippen molar-refractivity contribution in [3.05, 3.63) is 36.0 Å². The number of para-hydroxylation sites is 2. The molecule has 0 spiro atoms. The molecule has 0 aliphatic carbocycles. The van der Waals surface area contributed by atoms with Gasteiger partial charge in [0.2, 0.25) is 17.8 Å². The molecule has 1 aromatic heterocycles. The highest BCUT2D eigenvalue weighted by atomic mass is 35.5. The van der Waals surface area contributed by atoms with Crippen LogP contribution in [0, 0.1) is 0 Å². The predicted octanol–water partition coefficient (Wildman–Crippen LogP) is 3.84. The molecule has 2 aromatic rings. The lowest BCUT2D eigenvalue weighted by molar-refractivity contribution is -0.137. The van der Waals surface area contributed by atoms with Crippen molar-refractivity contribution in [3.63, 3.8) is 0 Å². The molecule has 172 valence electrons. The van der Waals surface area contributed by atoms with Crippen LogP contribution in [0.4, 0.5) is 36.3 Å². The van der Waals surface area contributed by atoms with E-state index in [1.165, 1.54) is 19.1 Å². The molecule has 0 bridgehead atoms. The summed E-state index contributed by atoms with van der Waals surface area (Å²) in [5.41, 5.74) is -0.596. The number of nitrogens with one attached hydrogen (secondary N) is 3. The van der Waals surface area contributed by atoms with Crippen molar-refractivity contribution in [3.8, 4) is 0 Å². The van der Waals surface area contributed by atoms with E-state index in [1.54, 1.807) is 17.0 Å². The van der Waals surface area contributed by atoms with Gasteiger partial charge in [-0.25, -0.2) is 4.98 Å². The molecule has 8 nitrogen and oxygen atoms in total. The second-order valence-corrected chi connectivity index (χ2v) is 7.52. The van der Waals surface area contributed by atoms with E-state index in [9.17, 15) is 22.8 Å². The molecule has 3 rings (SSSR count). The lowest BCUT2D eigenvalue weighted by atomic mass is 10.1. The summed E-state index contributed by atoms with van der Waals surface area (Å²) in [6.07, 6.45) is -2.52. The van der Waals surface area contributed by atoms with Crippen LogP contribution in [0.1, 0.15) is 25.3 Å². The van der Waals surface area contributed by atoms with Gasteiger partial charge in [0.05, 0.1) is 11.4 Å². The number of hydrogen-bond acceptors (Lipinski definition) is 6. The first-order valence-electron chi connectivity index (χ1n) is 9.85. The Kier molecular flexibility index (Phi) is 7.39. The average molecular weight is 471 g/mol. The number of benzene rings is 1. The van der Waals surface area contributed by atoms with Crippen LogP contribution in [0.3, 0.4) is 0 Å². The molecule has 32 heavy (non-hydrogen) atoms. The molecule has 3 N–H and O–H groups in total. The number of carbonyl (C=O) groups is 2. The monoisotopic (exact) mass is 470 g/mol. The van der Waals surface area contributed by atoms with E-state index in [0.29, 0.717) is 19.3 Å². The van der Waals surface area contributed by atoms with Crippen LogP contribution in [-0.4, -0.2) is 51.7 Å². The molecule has 1 saturated heterocycles. The number of halogens is 4. The minimum absolute atomic E-state index is 0.00169. The van der Waals surface area contributed by atoms with Gasteiger partial charge in [-0.2, -0.15) is 18.2 Å². The van der Waals surface area contributed by atoms with E-state index in [2.05, 4.69) is 25.9 Å². The van der Waals surface area contributed by atoms with Crippen LogP contribution in [0.2, 0.25) is 0 Å². The first-order valence-corrected chi connectivity index (χ1v) is 10.4. The Morgan fingerprint density at radius 3 is 2.62 bits per heavy atom. The molecule has 1 aromatic carbocycles. The molecule has 2 heterocycles. The summed E-state index contributed by atoms with van der Waals surface area (Å²) in [4.78, 5) is 32.8. The van der Waals surface area contributed by atoms with E-state index < -0.39 is 23.5 Å². The van der Waals surface area contributed by atoms with Crippen LogP contribution in [0.15, 0.2) is 30.5 Å². The molecule has 0 saturated carbocycles. The fourth-order valence-corrected chi connectivity index (χ4v) is 3.40. The highest BCUT2D eigenvalue weighted by Gasteiger charge is 2.36. The van der Waals surface area contributed by atoms with Crippen molar-refractivity contribution in [1.82, 2.24) is 14.9 Å². The standard InChI is InChI=1S/C20H22ClF3N6O2/c1-12(31)30-8-4-5-13(11-30)26-19-25-10-14(20(22,23)24)18(29-19)28-16-7-3-2-6-15(16)27-17(32)9-21/h2-3,6-7,10,13H,4-5,8-9,11H2,1H3,(H,27,32)(H2,25,26,28,29)/t13-/m0/s1. The van der Waals surface area contributed by atoms with Gasteiger partial charge in [-0.05, 0) is 25.0 Å². The molecule has 0 unspecified atom stereocenters. The summed E-state index contributed by atoms with van der Waals surface area (Å²) in [6.45, 7) is 2.52. The number of aromatic nitrogens is 2. The fourth-order valence-electron chi connectivity index (χ4n) is 3.33. The summed E-state index contributed by atoms with van der Waals surface area (Å²) in [7, 11) is 0. The lowest BCUT2D eigenvalue weighted by Gasteiger charge is -2.32. The number of rotatable bonds is 6. The highest BCUT2D eigenvalue weighted by molar-refractivity contribution is 6.29. The topological polar surface area (TPSA) is 99.3 Å². The first-order chi connectivity index (χ1) is 15.2. The van der Waals surface area contributed by atoms with Gasteiger partial charge in [0.25, 0.3) is 0 Å². The van der Waals surface area contributed by atoms with Gasteiger partial charge in [-0.3, -0.25) is 9.59 Å². The number of hydrogen-bond donors (Lipinski definition) is 3. The zero-order valence-corrected chi connectivity index (χ0v) is 17.9. The Morgan fingerprint density at radius 1 is 1.25 bits per heavy atom. The maximum absolute atomic E-state index is 13.6. The number of piperidine rings is 1. The van der Waals surface area contributed by atoms with Gasteiger partial charge >= 0.3 is 6.18 Å². The molecule has 0 radical (unpaired) electrons. The van der Waals surface area contributed by atoms with Gasteiger partial charge in [-0.1, -0.05) is 12.1 Å². The first kappa shape index (κ1) is 23.6. The van der Waals surface area contributed by atoms with E-state index in [1.807, 2.05) is 0 Å². The van der Waals surface area contributed by atoms with E-state index in [0.717, 1.165) is 12.8 Å². The lowest BCUT2D eigenvalue weighted by Crippen LogP contribution is -2.44. The third-order valence-corrected chi connectivity index (χ3v) is 5.11. The second kappa shape index (κ2) is 10.0. The van der Waals surface area contributed by atoms with Crippen molar-refractivity contribution >= 4 is 46.6 Å². The summed E-state index contributed by atoms with van der Waals surface area (Å²) in [5, 5.41) is 8.19. The smallest absolute Gasteiger partial charge is 0.350 e. The fraction of sp³-hybridized carbons (Fsp3) is 0.400. The molecule has 1 aliphatic rings. The zero-order valence-electron chi connectivity index (χ0n) is 17.2. The summed E-state index contributed by atoms with van der Waals surface area (Å²) < 4.78 is 40.7. The average Bonchev–Trinajstić information content (AvgIpc) is 2.74. The van der Waals surface area contributed by atoms with Gasteiger partial charge < -0.3 is 20.9 Å². The van der Waals surface area contributed by atoms with Crippen LogP contribution in [-0.2, 0) is 15.8 Å². The molecule has 12 heteroatoms. The van der Waals surface area contributed by atoms with Crippen LogP contribution < -0.4 is 16.0 Å². The largest absolute Gasteiger partial charge is 0.421 e. The Bertz CT molecular complexity index is 988. The SMILES string of the molecule is CC(=O)N1CCC[C@H](Nc2ncc(C(F)(F)F)c(Nc3ccccc3NC(=O)CCl)n2)C1. The van der Waals surface area contributed by atoms with Crippen molar-refractivity contribution in [2.45, 2.75) is 32.0 Å². The van der Waals surface area contributed by atoms with Crippen LogP contribution in [0.25, 0.3) is 0 Å². The number of anilines is 4. The third kappa shape index (κ3) is 6.00. The molecule has 1 fully saturated rings. The van der Waals surface area contributed by atoms with E-state index >= 15 is 0 Å². The normalized spacial score (nSPS) is 16.4. The number of alkyl halides is 4. The van der Waals surface area contributed by atoms with Crippen LogP contribution >= 0.6 is 11.6 Å². The number of amides is 2. The highest BCUT2D eigenvalue weighted by Crippen LogP contribution is 2.36. The number of likely N-dealkylation sites (tertiary alicyclic amines) is 1. The van der Waals surface area contributed by atoms with E-state index in [-0.39, 0.29) is 35.2 Å². The van der Waals surface area contributed by atoms with E-state index in [4.69, 9.17) is 11.6 Å². The number of nitrogens with zero attached hydrogens (tertiary/aromatic N) is 3. The van der Waals surface area contributed by atoms with Gasteiger partial charge in [-0.15, -0.1) is 11.6 Å². The van der Waals surface area contributed by atoms with Crippen molar-refractivity contribution in [1.29, 1.82) is 0 Å². The Morgan fingerprint density at radius 2 is 1.97 bits per heavy atom. The zero-order chi connectivity index (χ0) is 23.3. The Balaban J connectivity index is 1.88. The molecule has 1 aliphatic heterocycles. The Hall–Kier alpha value is -3.08. The third-order valence-electron chi connectivity index (χ3n) is 4.87. The summed E-state index contributed by atoms with van der Waals surface area (Å²) >= 11 is 5.51. The van der Waals surface area contributed by atoms with Gasteiger partial charge in [0, 0.05) is 32.3 Å². The Labute approximate surface area is 187 Å². The molecular formula is C20H22ClF3N6O2. The van der Waals surface area contributed by atoms with Gasteiger partial charge in [0.1, 0.15) is 17.3 Å². The second-order valence-electron chi connectivity index (χ2n) is 7.25. The molecule has 1 atom stereocenters. The molecular weight excluding hydrogens is 449 g/mol. The number of carbonyl (C=O) groups excluding carboxylic acids is 2. The van der Waals surface area contributed by atoms with Gasteiger partial charge in [0.15, 0.2) is 0 Å². The summed E-state index contributed by atoms with van der Waals surface area (Å²) in [5.74, 6) is -1.35. The minimum atomic E-state index is -4.70.